The highest BCUT2D eigenvalue weighted by Gasteiger charge is 2.48. The number of amides is 4. The molecule has 4 rings (SSSR count). The van der Waals surface area contributed by atoms with Crippen LogP contribution in [0.2, 0.25) is 0 Å². The van der Waals surface area contributed by atoms with Gasteiger partial charge in [-0.25, -0.2) is 0 Å². The van der Waals surface area contributed by atoms with E-state index in [1.54, 1.807) is 4.90 Å². The monoisotopic (exact) mass is 411 g/mol. The first kappa shape index (κ1) is 20.6. The van der Waals surface area contributed by atoms with E-state index < -0.39 is 0 Å². The van der Waals surface area contributed by atoms with Crippen LogP contribution in [-0.2, 0) is 14.4 Å². The third-order valence-electron chi connectivity index (χ3n) is 6.80. The van der Waals surface area contributed by atoms with E-state index in [1.165, 1.54) is 4.90 Å². The van der Waals surface area contributed by atoms with Crippen molar-refractivity contribution in [2.45, 2.75) is 51.5 Å². The Morgan fingerprint density at radius 1 is 0.967 bits per heavy atom. The lowest BCUT2D eigenvalue weighted by Crippen LogP contribution is -2.49. The number of carbonyl (C=O) groups excluding carboxylic acids is 4. The van der Waals surface area contributed by atoms with Gasteiger partial charge < -0.3 is 10.2 Å². The second-order valence-corrected chi connectivity index (χ2v) is 8.70. The smallest absolute Gasteiger partial charge is 0.251 e. The van der Waals surface area contributed by atoms with E-state index in [4.69, 9.17) is 0 Å². The average Bonchev–Trinajstić information content (AvgIpc) is 2.99. The van der Waals surface area contributed by atoms with E-state index in [0.29, 0.717) is 31.5 Å². The fourth-order valence-electron chi connectivity index (χ4n) is 4.99. The molecular formula is C23H29N3O4. The summed E-state index contributed by atoms with van der Waals surface area (Å²) < 4.78 is 0. The van der Waals surface area contributed by atoms with Gasteiger partial charge in [-0.15, -0.1) is 0 Å². The Kier molecular flexibility index (Phi) is 5.88. The first-order valence-corrected chi connectivity index (χ1v) is 10.9. The number of carbonyl (C=O) groups is 4. The second kappa shape index (κ2) is 8.58. The summed E-state index contributed by atoms with van der Waals surface area (Å²) in [6, 6.07) is 7.48. The maximum atomic E-state index is 12.7. The van der Waals surface area contributed by atoms with E-state index >= 15 is 0 Å². The lowest BCUT2D eigenvalue weighted by atomic mass is 9.81. The van der Waals surface area contributed by atoms with Gasteiger partial charge in [-0.1, -0.05) is 31.0 Å². The summed E-state index contributed by atoms with van der Waals surface area (Å²) in [6.45, 7) is 2.79. The lowest BCUT2D eigenvalue weighted by molar-refractivity contribution is -0.147. The van der Waals surface area contributed by atoms with Crippen molar-refractivity contribution in [3.63, 3.8) is 0 Å². The Labute approximate surface area is 176 Å². The van der Waals surface area contributed by atoms with E-state index in [1.807, 2.05) is 31.2 Å². The second-order valence-electron chi connectivity index (χ2n) is 8.70. The maximum Gasteiger partial charge on any atom is 0.251 e. The van der Waals surface area contributed by atoms with Gasteiger partial charge in [0.05, 0.1) is 11.8 Å². The van der Waals surface area contributed by atoms with Gasteiger partial charge in [-0.3, -0.25) is 24.1 Å². The summed E-state index contributed by atoms with van der Waals surface area (Å²) in [6.07, 6.45) is 4.79. The Morgan fingerprint density at radius 2 is 1.57 bits per heavy atom. The zero-order valence-corrected chi connectivity index (χ0v) is 17.4. The SMILES string of the molecule is Cc1ccccc1C(=O)NC1CCN(C(=O)CN2C(=O)C3CCCCC3C2=O)CC1. The molecule has 30 heavy (non-hydrogen) atoms. The molecule has 0 bridgehead atoms. The Bertz CT molecular complexity index is 836. The summed E-state index contributed by atoms with van der Waals surface area (Å²) in [5.74, 6) is -1.05. The van der Waals surface area contributed by atoms with Crippen molar-refractivity contribution in [2.75, 3.05) is 19.6 Å². The van der Waals surface area contributed by atoms with Gasteiger partial charge >= 0.3 is 0 Å². The topological polar surface area (TPSA) is 86.8 Å². The van der Waals surface area contributed by atoms with Crippen LogP contribution in [0.1, 0.15) is 54.4 Å². The Balaban J connectivity index is 1.28. The molecule has 2 heterocycles. The van der Waals surface area contributed by atoms with Gasteiger partial charge in [0.1, 0.15) is 6.54 Å². The van der Waals surface area contributed by atoms with Crippen LogP contribution in [0.15, 0.2) is 24.3 Å². The van der Waals surface area contributed by atoms with Crippen LogP contribution < -0.4 is 5.32 Å². The number of piperidine rings is 1. The van der Waals surface area contributed by atoms with Crippen LogP contribution in [0.25, 0.3) is 0 Å². The van der Waals surface area contributed by atoms with Crippen molar-refractivity contribution in [1.29, 1.82) is 0 Å². The quantitative estimate of drug-likeness (QED) is 0.767. The normalized spacial score (nSPS) is 24.7. The zero-order chi connectivity index (χ0) is 21.3. The molecule has 3 fully saturated rings. The van der Waals surface area contributed by atoms with E-state index in [9.17, 15) is 19.2 Å². The minimum absolute atomic E-state index is 0.0130. The summed E-state index contributed by atoms with van der Waals surface area (Å²) in [5.41, 5.74) is 1.60. The van der Waals surface area contributed by atoms with E-state index in [2.05, 4.69) is 5.32 Å². The number of hydrogen-bond acceptors (Lipinski definition) is 4. The molecule has 2 unspecified atom stereocenters. The minimum Gasteiger partial charge on any atom is -0.349 e. The third-order valence-corrected chi connectivity index (χ3v) is 6.80. The number of fused-ring (bicyclic) bond motifs is 1. The highest BCUT2D eigenvalue weighted by atomic mass is 16.2. The largest absolute Gasteiger partial charge is 0.349 e. The fraction of sp³-hybridized carbons (Fsp3) is 0.565. The molecule has 4 amide bonds. The summed E-state index contributed by atoms with van der Waals surface area (Å²) in [4.78, 5) is 53.3. The molecule has 2 atom stereocenters. The minimum atomic E-state index is -0.221. The molecular weight excluding hydrogens is 382 g/mol. The van der Waals surface area contributed by atoms with Crippen LogP contribution >= 0.6 is 0 Å². The van der Waals surface area contributed by atoms with Gasteiger partial charge in [0.15, 0.2) is 0 Å². The van der Waals surface area contributed by atoms with Crippen molar-refractivity contribution in [2.24, 2.45) is 11.8 Å². The first-order valence-electron chi connectivity index (χ1n) is 10.9. The lowest BCUT2D eigenvalue weighted by Gasteiger charge is -2.33. The first-order chi connectivity index (χ1) is 14.5. The number of aryl methyl sites for hydroxylation is 1. The molecule has 1 aromatic rings. The van der Waals surface area contributed by atoms with Crippen LogP contribution in [0, 0.1) is 18.8 Å². The molecule has 1 N–H and O–H groups in total. The molecule has 3 aliphatic rings. The number of benzene rings is 1. The van der Waals surface area contributed by atoms with Crippen molar-refractivity contribution < 1.29 is 19.2 Å². The number of hydrogen-bond donors (Lipinski definition) is 1. The molecule has 0 spiro atoms. The predicted octanol–water partition coefficient (Wildman–Crippen LogP) is 1.89. The summed E-state index contributed by atoms with van der Waals surface area (Å²) in [5, 5.41) is 3.06. The van der Waals surface area contributed by atoms with Crippen molar-refractivity contribution in [1.82, 2.24) is 15.1 Å². The van der Waals surface area contributed by atoms with Gasteiger partial charge in [0, 0.05) is 24.7 Å². The van der Waals surface area contributed by atoms with Crippen LogP contribution in [0.5, 0.6) is 0 Å². The highest BCUT2D eigenvalue weighted by molar-refractivity contribution is 6.07. The molecule has 7 nitrogen and oxygen atoms in total. The van der Waals surface area contributed by atoms with E-state index in [-0.39, 0.29) is 48.1 Å². The summed E-state index contributed by atoms with van der Waals surface area (Å²) in [7, 11) is 0. The van der Waals surface area contributed by atoms with Crippen LogP contribution in [0.4, 0.5) is 0 Å². The molecule has 1 aliphatic carbocycles. The van der Waals surface area contributed by atoms with Crippen molar-refractivity contribution in [3.8, 4) is 0 Å². The standard InChI is InChI=1S/C23H29N3O4/c1-15-6-2-3-7-17(15)21(28)24-16-10-12-25(13-11-16)20(27)14-26-22(29)18-8-4-5-9-19(18)23(26)30/h2-3,6-7,16,18-19H,4-5,8-14H2,1H3,(H,24,28). The number of nitrogens with zero attached hydrogens (tertiary/aromatic N) is 2. The molecule has 0 aromatic heterocycles. The highest BCUT2D eigenvalue weighted by Crippen LogP contribution is 2.37. The van der Waals surface area contributed by atoms with Crippen molar-refractivity contribution >= 4 is 23.6 Å². The van der Waals surface area contributed by atoms with Gasteiger partial charge in [-0.2, -0.15) is 0 Å². The fourth-order valence-corrected chi connectivity index (χ4v) is 4.99. The van der Waals surface area contributed by atoms with Crippen molar-refractivity contribution in [3.05, 3.63) is 35.4 Å². The van der Waals surface area contributed by atoms with Gasteiger partial charge in [-0.05, 0) is 44.2 Å². The molecule has 0 radical (unpaired) electrons. The molecule has 2 aliphatic heterocycles. The number of imide groups is 1. The third kappa shape index (κ3) is 3.98. The maximum absolute atomic E-state index is 12.7. The average molecular weight is 412 g/mol. The predicted molar refractivity (Wildman–Crippen MR) is 110 cm³/mol. The summed E-state index contributed by atoms with van der Waals surface area (Å²) >= 11 is 0. The molecule has 2 saturated heterocycles. The Morgan fingerprint density at radius 3 is 2.17 bits per heavy atom. The Hall–Kier alpha value is -2.70. The number of rotatable bonds is 4. The number of nitrogens with one attached hydrogen (secondary N) is 1. The van der Waals surface area contributed by atoms with Gasteiger partial charge in [0.25, 0.3) is 5.91 Å². The number of likely N-dealkylation sites (tertiary alicyclic amines) is 2. The van der Waals surface area contributed by atoms with Crippen LogP contribution in [0.3, 0.4) is 0 Å². The van der Waals surface area contributed by atoms with E-state index in [0.717, 1.165) is 31.2 Å². The zero-order valence-electron chi connectivity index (χ0n) is 17.4. The molecule has 1 saturated carbocycles. The van der Waals surface area contributed by atoms with Gasteiger partial charge in [0.2, 0.25) is 17.7 Å². The molecule has 7 heteroatoms. The molecule has 160 valence electrons. The van der Waals surface area contributed by atoms with Crippen LogP contribution in [-0.4, -0.2) is 59.1 Å². The molecule has 1 aromatic carbocycles.